The van der Waals surface area contributed by atoms with Crippen LogP contribution in [-0.4, -0.2) is 57.1 Å². The second kappa shape index (κ2) is 12.5. The first-order valence-corrected chi connectivity index (χ1v) is 14.5. The molecule has 3 heterocycles. The highest BCUT2D eigenvalue weighted by Crippen LogP contribution is 2.28. The van der Waals surface area contributed by atoms with Crippen LogP contribution in [0.15, 0.2) is 58.3 Å². The molecule has 1 N–H and O–H groups in total. The summed E-state index contributed by atoms with van der Waals surface area (Å²) < 4.78 is 5.60. The van der Waals surface area contributed by atoms with Gasteiger partial charge in [0.2, 0.25) is 17.6 Å². The van der Waals surface area contributed by atoms with Crippen LogP contribution in [0, 0.1) is 6.92 Å². The van der Waals surface area contributed by atoms with E-state index in [1.165, 1.54) is 11.2 Å². The van der Waals surface area contributed by atoms with Gasteiger partial charge in [-0.15, -0.1) is 21.5 Å². The lowest BCUT2D eigenvalue weighted by atomic mass is 9.94. The zero-order chi connectivity index (χ0) is 28.1. The summed E-state index contributed by atoms with van der Waals surface area (Å²) in [6, 6.07) is 14.6. The highest BCUT2D eigenvalue weighted by molar-refractivity contribution is 7.09. The number of benzene rings is 1. The number of thiophene rings is 1. The number of aryl methyl sites for hydroxylation is 1. The maximum atomic E-state index is 14.0. The summed E-state index contributed by atoms with van der Waals surface area (Å²) in [4.78, 5) is 33.8. The number of rotatable bonds is 10. The van der Waals surface area contributed by atoms with Gasteiger partial charge < -0.3 is 19.5 Å². The highest BCUT2D eigenvalue weighted by atomic mass is 32.1. The van der Waals surface area contributed by atoms with E-state index in [1.807, 2.05) is 73.8 Å². The Kier molecular flexibility index (Phi) is 8.59. The van der Waals surface area contributed by atoms with Crippen LogP contribution in [0.5, 0.6) is 0 Å². The van der Waals surface area contributed by atoms with E-state index in [4.69, 9.17) is 4.42 Å². The van der Waals surface area contributed by atoms with Gasteiger partial charge in [-0.2, -0.15) is 4.80 Å². The summed E-state index contributed by atoms with van der Waals surface area (Å²) in [5.41, 5.74) is 1.76. The molecule has 11 heteroatoms. The summed E-state index contributed by atoms with van der Waals surface area (Å²) in [5, 5.41) is 17.7. The quantitative estimate of drug-likeness (QED) is 0.302. The molecule has 210 valence electrons. The molecule has 3 aromatic heterocycles. The molecule has 4 aromatic rings. The molecule has 5 rings (SSSR count). The van der Waals surface area contributed by atoms with E-state index in [-0.39, 0.29) is 30.9 Å². The third-order valence-electron chi connectivity index (χ3n) is 7.15. The maximum absolute atomic E-state index is 14.0. The molecule has 0 radical (unpaired) electrons. The predicted molar refractivity (Wildman–Crippen MR) is 154 cm³/mol. The van der Waals surface area contributed by atoms with E-state index in [1.54, 1.807) is 22.3 Å². The molecule has 1 atom stereocenters. The van der Waals surface area contributed by atoms with E-state index in [0.717, 1.165) is 47.6 Å². The fourth-order valence-electron chi connectivity index (χ4n) is 5.02. The Balaban J connectivity index is 1.46. The van der Waals surface area contributed by atoms with Crippen LogP contribution >= 0.6 is 11.3 Å². The van der Waals surface area contributed by atoms with Gasteiger partial charge in [0, 0.05) is 30.7 Å². The molecular weight excluding hydrogens is 526 g/mol. The molecule has 2 amide bonds. The minimum absolute atomic E-state index is 0.111. The van der Waals surface area contributed by atoms with Gasteiger partial charge in [0.15, 0.2) is 5.76 Å². The molecule has 1 unspecified atom stereocenters. The van der Waals surface area contributed by atoms with Crippen LogP contribution in [-0.2, 0) is 22.7 Å². The second-order valence-electron chi connectivity index (χ2n) is 10.4. The number of carbonyl (C=O) groups excluding carboxylic acids is 2. The minimum Gasteiger partial charge on any atom is -0.458 e. The molecule has 1 aromatic carbocycles. The molecule has 1 aliphatic rings. The van der Waals surface area contributed by atoms with Gasteiger partial charge in [0.05, 0.1) is 6.54 Å². The van der Waals surface area contributed by atoms with Gasteiger partial charge in [0.1, 0.15) is 18.3 Å². The Bertz CT molecular complexity index is 1410. The Labute approximate surface area is 238 Å². The highest BCUT2D eigenvalue weighted by Gasteiger charge is 2.34. The van der Waals surface area contributed by atoms with E-state index in [9.17, 15) is 9.59 Å². The SMILES string of the molecule is Cc1ccc(-c2nnn(CC(=O)N(Cc3cccs3)C(C(=O)NC3CCCCC3)c3ccc(N(C)C)cc3)n2)o1. The molecule has 0 bridgehead atoms. The first-order valence-electron chi connectivity index (χ1n) is 13.6. The topological polar surface area (TPSA) is 109 Å². The van der Waals surface area contributed by atoms with Crippen molar-refractivity contribution in [2.45, 2.75) is 64.2 Å². The van der Waals surface area contributed by atoms with Gasteiger partial charge in [-0.05, 0) is 66.3 Å². The normalized spacial score (nSPS) is 14.6. The minimum atomic E-state index is -0.816. The van der Waals surface area contributed by atoms with Gasteiger partial charge >= 0.3 is 0 Å². The molecule has 1 saturated carbocycles. The Morgan fingerprint density at radius 3 is 2.52 bits per heavy atom. The molecule has 0 spiro atoms. The van der Waals surface area contributed by atoms with Crippen molar-refractivity contribution in [3.63, 3.8) is 0 Å². The summed E-state index contributed by atoms with van der Waals surface area (Å²) in [5.74, 6) is 1.06. The number of carbonyl (C=O) groups is 2. The van der Waals surface area contributed by atoms with Crippen LogP contribution in [0.4, 0.5) is 5.69 Å². The summed E-state index contributed by atoms with van der Waals surface area (Å²) in [6.45, 7) is 1.96. The lowest BCUT2D eigenvalue weighted by molar-refractivity contribution is -0.142. The van der Waals surface area contributed by atoms with Crippen molar-refractivity contribution in [3.05, 3.63) is 70.1 Å². The van der Waals surface area contributed by atoms with Crippen molar-refractivity contribution < 1.29 is 14.0 Å². The van der Waals surface area contributed by atoms with Crippen molar-refractivity contribution in [1.82, 2.24) is 30.4 Å². The standard InChI is InChI=1S/C29H35N7O3S/c1-20-11-16-25(39-20)28-31-33-36(32-28)19-26(37)35(18-24-10-7-17-40-24)27(21-12-14-23(15-13-21)34(2)3)29(38)30-22-8-5-4-6-9-22/h7,10-17,22,27H,4-6,8-9,18-19H2,1-3H3,(H,30,38). The lowest BCUT2D eigenvalue weighted by Crippen LogP contribution is -2.47. The molecule has 1 fully saturated rings. The van der Waals surface area contributed by atoms with Crippen LogP contribution in [0.2, 0.25) is 0 Å². The molecule has 0 saturated heterocycles. The summed E-state index contributed by atoms with van der Waals surface area (Å²) in [7, 11) is 3.94. The molecule has 1 aliphatic carbocycles. The molecular formula is C29H35N7O3S. The van der Waals surface area contributed by atoms with Crippen molar-refractivity contribution in [2.75, 3.05) is 19.0 Å². The van der Waals surface area contributed by atoms with Gasteiger partial charge in [0.25, 0.3) is 0 Å². The average Bonchev–Trinajstić information content (AvgIpc) is 3.72. The van der Waals surface area contributed by atoms with Crippen LogP contribution in [0.25, 0.3) is 11.6 Å². The number of tetrazole rings is 1. The van der Waals surface area contributed by atoms with E-state index < -0.39 is 6.04 Å². The first kappa shape index (κ1) is 27.6. The van der Waals surface area contributed by atoms with Crippen LogP contribution < -0.4 is 10.2 Å². The average molecular weight is 562 g/mol. The molecule has 40 heavy (non-hydrogen) atoms. The van der Waals surface area contributed by atoms with E-state index in [0.29, 0.717) is 11.6 Å². The van der Waals surface area contributed by atoms with Gasteiger partial charge in [-0.25, -0.2) is 0 Å². The number of nitrogens with zero attached hydrogens (tertiary/aromatic N) is 6. The van der Waals surface area contributed by atoms with Crippen LogP contribution in [0.1, 0.15) is 54.3 Å². The first-order chi connectivity index (χ1) is 19.4. The molecule has 0 aliphatic heterocycles. The zero-order valence-corrected chi connectivity index (χ0v) is 23.9. The van der Waals surface area contributed by atoms with E-state index >= 15 is 0 Å². The largest absolute Gasteiger partial charge is 0.458 e. The fraction of sp³-hybridized carbons (Fsp3) is 0.414. The Hall–Kier alpha value is -3.99. The third-order valence-corrected chi connectivity index (χ3v) is 8.01. The number of aromatic nitrogens is 4. The molecule has 10 nitrogen and oxygen atoms in total. The number of furan rings is 1. The van der Waals surface area contributed by atoms with E-state index in [2.05, 4.69) is 20.7 Å². The fourth-order valence-corrected chi connectivity index (χ4v) is 5.73. The number of hydrogen-bond donors (Lipinski definition) is 1. The van der Waals surface area contributed by atoms with Crippen molar-refractivity contribution in [1.29, 1.82) is 0 Å². The van der Waals surface area contributed by atoms with Gasteiger partial charge in [-0.3, -0.25) is 9.59 Å². The predicted octanol–water partition coefficient (Wildman–Crippen LogP) is 4.59. The summed E-state index contributed by atoms with van der Waals surface area (Å²) in [6.07, 6.45) is 5.29. The second-order valence-corrected chi connectivity index (χ2v) is 11.4. The van der Waals surface area contributed by atoms with Crippen molar-refractivity contribution >= 4 is 28.8 Å². The number of nitrogens with one attached hydrogen (secondary N) is 1. The Morgan fingerprint density at radius 1 is 1.10 bits per heavy atom. The number of amides is 2. The smallest absolute Gasteiger partial charge is 0.247 e. The zero-order valence-electron chi connectivity index (χ0n) is 23.1. The van der Waals surface area contributed by atoms with Crippen molar-refractivity contribution in [3.8, 4) is 11.6 Å². The van der Waals surface area contributed by atoms with Crippen LogP contribution in [0.3, 0.4) is 0 Å². The summed E-state index contributed by atoms with van der Waals surface area (Å²) >= 11 is 1.55. The monoisotopic (exact) mass is 561 g/mol. The Morgan fingerprint density at radius 2 is 1.88 bits per heavy atom. The van der Waals surface area contributed by atoms with Crippen molar-refractivity contribution in [2.24, 2.45) is 0 Å². The number of anilines is 1. The maximum Gasteiger partial charge on any atom is 0.247 e. The number of hydrogen-bond acceptors (Lipinski definition) is 8. The lowest BCUT2D eigenvalue weighted by Gasteiger charge is -2.33. The third kappa shape index (κ3) is 6.59. The van der Waals surface area contributed by atoms with Gasteiger partial charge in [-0.1, -0.05) is 37.5 Å².